The molecule has 2 N–H and O–H groups in total. The lowest BCUT2D eigenvalue weighted by Gasteiger charge is -2.37. The Morgan fingerprint density at radius 1 is 0.973 bits per heavy atom. The van der Waals surface area contributed by atoms with Crippen LogP contribution in [-0.4, -0.2) is 17.9 Å². The van der Waals surface area contributed by atoms with Crippen LogP contribution in [0.2, 0.25) is 0 Å². The Morgan fingerprint density at radius 2 is 1.70 bits per heavy atom. The first-order chi connectivity index (χ1) is 17.9. The molecule has 4 nitrogen and oxygen atoms in total. The third kappa shape index (κ3) is 4.96. The number of ketones is 1. The number of hydrogen-bond acceptors (Lipinski definition) is 4. The molecule has 0 aromatic heterocycles. The van der Waals surface area contributed by atoms with Gasteiger partial charge in [-0.2, -0.15) is 0 Å². The largest absolute Gasteiger partial charge is 0.362 e. The summed E-state index contributed by atoms with van der Waals surface area (Å²) in [7, 11) is 0. The average Bonchev–Trinajstić information content (AvgIpc) is 2.90. The molecule has 1 amide bonds. The number of nitrogens with one attached hydrogen (secondary N) is 2. The Labute approximate surface area is 218 Å². The molecule has 1 heterocycles. The first-order valence-electron chi connectivity index (χ1n) is 12.0. The van der Waals surface area contributed by atoms with E-state index >= 15 is 0 Å². The van der Waals surface area contributed by atoms with Crippen molar-refractivity contribution >= 4 is 29.1 Å². The van der Waals surface area contributed by atoms with E-state index in [1.807, 2.05) is 60.9 Å². The van der Waals surface area contributed by atoms with Crippen LogP contribution in [0, 0.1) is 11.6 Å². The van der Waals surface area contributed by atoms with Crippen molar-refractivity contribution in [3.8, 4) is 0 Å². The van der Waals surface area contributed by atoms with Gasteiger partial charge in [0, 0.05) is 45.8 Å². The zero-order valence-electron chi connectivity index (χ0n) is 20.5. The third-order valence-corrected chi connectivity index (χ3v) is 7.72. The summed E-state index contributed by atoms with van der Waals surface area (Å²) in [6.07, 6.45) is 2.96. The molecule has 0 saturated heterocycles. The van der Waals surface area contributed by atoms with Gasteiger partial charge in [0.2, 0.25) is 0 Å². The lowest BCUT2D eigenvalue weighted by molar-refractivity contribution is -0.116. The molecule has 0 radical (unpaired) electrons. The number of dihydropyridines is 1. The van der Waals surface area contributed by atoms with Crippen LogP contribution in [-0.2, 0) is 9.59 Å². The van der Waals surface area contributed by atoms with E-state index in [0.29, 0.717) is 29.7 Å². The Hall–Kier alpha value is -3.71. The van der Waals surface area contributed by atoms with Gasteiger partial charge in [-0.1, -0.05) is 42.5 Å². The van der Waals surface area contributed by atoms with E-state index in [2.05, 4.69) is 10.6 Å². The molecule has 0 spiro atoms. The van der Waals surface area contributed by atoms with Gasteiger partial charge in [0.05, 0.1) is 5.69 Å². The maximum Gasteiger partial charge on any atom is 0.254 e. The number of rotatable bonds is 5. The van der Waals surface area contributed by atoms with Crippen molar-refractivity contribution in [2.75, 3.05) is 11.6 Å². The number of thioether (sulfide) groups is 1. The SMILES string of the molecule is CSc1ccc([C@@H]2C(C(=O)Nc3ccc(F)cc3F)=C(C)NC3=C2C(=O)C[C@@H](c2ccccc2)C3)cc1. The summed E-state index contributed by atoms with van der Waals surface area (Å²) in [5, 5.41) is 5.92. The average molecular weight is 517 g/mol. The smallest absolute Gasteiger partial charge is 0.254 e. The number of anilines is 1. The molecule has 3 aromatic carbocycles. The van der Waals surface area contributed by atoms with Crippen LogP contribution in [0.5, 0.6) is 0 Å². The Bertz CT molecular complexity index is 1430. The summed E-state index contributed by atoms with van der Waals surface area (Å²) < 4.78 is 27.8. The zero-order valence-corrected chi connectivity index (χ0v) is 21.3. The molecule has 0 saturated carbocycles. The summed E-state index contributed by atoms with van der Waals surface area (Å²) in [4.78, 5) is 28.3. The maximum atomic E-state index is 14.4. The summed E-state index contributed by atoms with van der Waals surface area (Å²) in [5.41, 5.74) is 4.10. The lowest BCUT2D eigenvalue weighted by atomic mass is 9.71. The van der Waals surface area contributed by atoms with Gasteiger partial charge in [-0.05, 0) is 60.9 Å². The minimum absolute atomic E-state index is 0.0210. The van der Waals surface area contributed by atoms with Crippen LogP contribution in [0.1, 0.15) is 42.7 Å². The van der Waals surface area contributed by atoms with E-state index in [0.717, 1.165) is 33.9 Å². The van der Waals surface area contributed by atoms with Crippen LogP contribution in [0.25, 0.3) is 0 Å². The molecular weight excluding hydrogens is 490 g/mol. The topological polar surface area (TPSA) is 58.2 Å². The molecule has 1 aliphatic heterocycles. The molecule has 7 heteroatoms. The normalized spacial score (nSPS) is 19.4. The van der Waals surface area contributed by atoms with Crippen molar-refractivity contribution in [3.63, 3.8) is 0 Å². The number of carbonyl (C=O) groups is 2. The molecule has 0 fully saturated rings. The first-order valence-corrected chi connectivity index (χ1v) is 13.3. The second-order valence-electron chi connectivity index (χ2n) is 9.28. The number of hydrogen-bond donors (Lipinski definition) is 2. The van der Waals surface area contributed by atoms with E-state index in [4.69, 9.17) is 0 Å². The molecule has 2 atom stereocenters. The molecular formula is C30H26F2N2O2S. The van der Waals surface area contributed by atoms with Gasteiger partial charge in [-0.3, -0.25) is 9.59 Å². The van der Waals surface area contributed by atoms with Crippen LogP contribution < -0.4 is 10.6 Å². The van der Waals surface area contributed by atoms with Crippen LogP contribution in [0.4, 0.5) is 14.5 Å². The fourth-order valence-electron chi connectivity index (χ4n) is 5.21. The van der Waals surface area contributed by atoms with Gasteiger partial charge in [0.1, 0.15) is 11.6 Å². The number of allylic oxidation sites excluding steroid dienone is 3. The fraction of sp³-hybridized carbons (Fsp3) is 0.200. The highest BCUT2D eigenvalue weighted by Crippen LogP contribution is 2.46. The first kappa shape index (κ1) is 25.0. The van der Waals surface area contributed by atoms with Crippen LogP contribution in [0.3, 0.4) is 0 Å². The number of benzene rings is 3. The number of Topliss-reactive ketones (excluding diaryl/α,β-unsaturated/α-hetero) is 1. The molecule has 0 unspecified atom stereocenters. The van der Waals surface area contributed by atoms with E-state index < -0.39 is 23.5 Å². The van der Waals surface area contributed by atoms with Crippen molar-refractivity contribution in [1.29, 1.82) is 0 Å². The predicted molar refractivity (Wildman–Crippen MR) is 142 cm³/mol. The minimum Gasteiger partial charge on any atom is -0.362 e. The third-order valence-electron chi connectivity index (χ3n) is 6.97. The minimum atomic E-state index is -0.865. The summed E-state index contributed by atoms with van der Waals surface area (Å²) in [6, 6.07) is 20.8. The molecule has 1 aliphatic carbocycles. The second-order valence-corrected chi connectivity index (χ2v) is 10.2. The molecule has 2 aliphatic rings. The maximum absolute atomic E-state index is 14.4. The van der Waals surface area contributed by atoms with Gasteiger partial charge >= 0.3 is 0 Å². The number of halogens is 2. The molecule has 3 aromatic rings. The van der Waals surface area contributed by atoms with Crippen molar-refractivity contribution in [1.82, 2.24) is 5.32 Å². The Kier molecular flexibility index (Phi) is 6.98. The van der Waals surface area contributed by atoms with Crippen LogP contribution in [0.15, 0.2) is 100 Å². The highest BCUT2D eigenvalue weighted by atomic mass is 32.2. The fourth-order valence-corrected chi connectivity index (χ4v) is 5.62. The molecule has 37 heavy (non-hydrogen) atoms. The monoisotopic (exact) mass is 516 g/mol. The number of amides is 1. The summed E-state index contributed by atoms with van der Waals surface area (Å²) in [5.74, 6) is -2.73. The van der Waals surface area contributed by atoms with E-state index in [-0.39, 0.29) is 17.4 Å². The van der Waals surface area contributed by atoms with Gasteiger partial charge in [0.15, 0.2) is 5.78 Å². The van der Waals surface area contributed by atoms with Gasteiger partial charge in [0.25, 0.3) is 5.91 Å². The van der Waals surface area contributed by atoms with Crippen molar-refractivity contribution in [2.45, 2.75) is 36.5 Å². The quantitative estimate of drug-likeness (QED) is 0.371. The highest BCUT2D eigenvalue weighted by Gasteiger charge is 2.41. The van der Waals surface area contributed by atoms with E-state index in [1.165, 1.54) is 6.07 Å². The second kappa shape index (κ2) is 10.3. The number of carbonyl (C=O) groups excluding carboxylic acids is 2. The predicted octanol–water partition coefficient (Wildman–Crippen LogP) is 6.69. The summed E-state index contributed by atoms with van der Waals surface area (Å²) >= 11 is 1.60. The summed E-state index contributed by atoms with van der Waals surface area (Å²) in [6.45, 7) is 1.79. The lowest BCUT2D eigenvalue weighted by Crippen LogP contribution is -2.37. The van der Waals surface area contributed by atoms with Gasteiger partial charge in [-0.25, -0.2) is 8.78 Å². The zero-order chi connectivity index (χ0) is 26.1. The van der Waals surface area contributed by atoms with Crippen molar-refractivity contribution in [2.24, 2.45) is 0 Å². The molecule has 5 rings (SSSR count). The van der Waals surface area contributed by atoms with E-state index in [9.17, 15) is 18.4 Å². The van der Waals surface area contributed by atoms with Gasteiger partial charge in [-0.15, -0.1) is 11.8 Å². The molecule has 0 bridgehead atoms. The Morgan fingerprint density at radius 3 is 2.38 bits per heavy atom. The highest BCUT2D eigenvalue weighted by molar-refractivity contribution is 7.98. The Balaban J connectivity index is 1.56. The van der Waals surface area contributed by atoms with E-state index in [1.54, 1.807) is 18.7 Å². The standard InChI is InChI=1S/C30H26F2N2O2S/c1-17-27(30(36)34-24-13-10-21(31)16-23(24)32)28(19-8-11-22(37-2)12-9-19)29-25(33-17)14-20(15-26(29)35)18-6-4-3-5-7-18/h3-13,16,20,28,33H,14-15H2,1-2H3,(H,34,36)/t20-,28+/m0/s1. The van der Waals surface area contributed by atoms with Gasteiger partial charge < -0.3 is 10.6 Å². The van der Waals surface area contributed by atoms with Crippen molar-refractivity contribution in [3.05, 3.63) is 118 Å². The van der Waals surface area contributed by atoms with Crippen LogP contribution >= 0.6 is 11.8 Å². The molecule has 188 valence electrons. The van der Waals surface area contributed by atoms with Crippen molar-refractivity contribution < 1.29 is 18.4 Å².